The molecule has 0 radical (unpaired) electrons. The lowest BCUT2D eigenvalue weighted by atomic mass is 9.69. The van der Waals surface area contributed by atoms with E-state index in [1.807, 2.05) is 18.2 Å². The number of piperazine rings is 1. The summed E-state index contributed by atoms with van der Waals surface area (Å²) < 4.78 is 0. The number of rotatable bonds is 7. The van der Waals surface area contributed by atoms with Crippen LogP contribution in [0.3, 0.4) is 0 Å². The van der Waals surface area contributed by atoms with Crippen LogP contribution in [0.1, 0.15) is 95.5 Å². The first-order chi connectivity index (χ1) is 26.7. The molecule has 2 aliphatic carbocycles. The highest BCUT2D eigenvalue weighted by Crippen LogP contribution is 2.47. The van der Waals surface area contributed by atoms with E-state index in [0.29, 0.717) is 36.6 Å². The Labute approximate surface area is 324 Å². The Hall–Kier alpha value is -4.95. The van der Waals surface area contributed by atoms with E-state index in [9.17, 15) is 19.5 Å². The van der Waals surface area contributed by atoms with Gasteiger partial charge in [0.25, 0.3) is 5.91 Å². The molecular formula is C47H52N4O4. The minimum absolute atomic E-state index is 0.0176. The number of phenolic OH excluding ortho intramolecular Hbond substituents is 1. The smallest absolute Gasteiger partial charge is 0.255 e. The summed E-state index contributed by atoms with van der Waals surface area (Å²) in [6.07, 6.45) is 5.14. The molecule has 8 nitrogen and oxygen atoms in total. The van der Waals surface area contributed by atoms with E-state index in [2.05, 4.69) is 94.4 Å². The van der Waals surface area contributed by atoms with Gasteiger partial charge >= 0.3 is 0 Å². The lowest BCUT2D eigenvalue weighted by Crippen LogP contribution is -2.51. The maximum atomic E-state index is 13.2. The standard InChI is InChI=1S/C47H52N4O4/c1-47(31-48-23-25-50(26-24-48)37-12-16-42-35(27-37)30-51(46(42)55)43-18-14-39(53)29-44(43)54)19-21-49(22-20-47)36-10-7-33(8-11-36)45-40(32-5-3-2-4-6-32)15-9-34-28-38(52)13-17-41(34)45/h2-8,10-13,16-17,27-28,40,43,45,52H,9,14-15,18-26,29-31H2,1H3/t40-,43?,45+/m0/s1. The summed E-state index contributed by atoms with van der Waals surface area (Å²) >= 11 is 0. The quantitative estimate of drug-likeness (QED) is 0.199. The first-order valence-electron chi connectivity index (χ1n) is 20.4. The zero-order valence-electron chi connectivity index (χ0n) is 32.0. The third-order valence-corrected chi connectivity index (χ3v) is 13.5. The maximum absolute atomic E-state index is 13.2. The SMILES string of the molecule is CC1(CN2CCN(c3ccc4c(c3)CN(C3CCC(=O)CC3=O)C4=O)CC2)CCN(c2ccc([C@H]3c4ccc(O)cc4CC[C@H]3c3ccccc3)cc2)CC1. The van der Waals surface area contributed by atoms with Crippen molar-refractivity contribution in [2.45, 2.75) is 76.3 Å². The number of Topliss-reactive ketones (excluding diaryl/α,β-unsaturated/α-hetero) is 2. The molecule has 3 heterocycles. The second kappa shape index (κ2) is 14.6. The fraction of sp³-hybridized carbons (Fsp3) is 0.426. The molecule has 1 N–H and O–H groups in total. The maximum Gasteiger partial charge on any atom is 0.255 e. The fourth-order valence-electron chi connectivity index (χ4n) is 10.3. The molecule has 0 spiro atoms. The first-order valence-corrected chi connectivity index (χ1v) is 20.4. The molecule has 0 bridgehead atoms. The van der Waals surface area contributed by atoms with Gasteiger partial charge in [-0.2, -0.15) is 0 Å². The molecule has 8 heteroatoms. The van der Waals surface area contributed by atoms with Crippen LogP contribution in [0, 0.1) is 5.41 Å². The van der Waals surface area contributed by atoms with Crippen molar-refractivity contribution in [1.82, 2.24) is 9.80 Å². The largest absolute Gasteiger partial charge is 0.508 e. The van der Waals surface area contributed by atoms with E-state index in [1.54, 1.807) is 4.90 Å². The van der Waals surface area contributed by atoms with Crippen molar-refractivity contribution in [3.63, 3.8) is 0 Å². The molecule has 1 unspecified atom stereocenters. The zero-order chi connectivity index (χ0) is 37.7. The van der Waals surface area contributed by atoms with Crippen LogP contribution in [0.15, 0.2) is 91.0 Å². The van der Waals surface area contributed by atoms with Crippen molar-refractivity contribution in [1.29, 1.82) is 0 Å². The zero-order valence-corrected chi connectivity index (χ0v) is 32.0. The number of hydrogen-bond acceptors (Lipinski definition) is 7. The molecule has 284 valence electrons. The van der Waals surface area contributed by atoms with Gasteiger partial charge in [-0.05, 0) is 114 Å². The summed E-state index contributed by atoms with van der Waals surface area (Å²) in [7, 11) is 0. The summed E-state index contributed by atoms with van der Waals surface area (Å²) in [4.78, 5) is 46.9. The number of piperidine rings is 1. The van der Waals surface area contributed by atoms with Crippen LogP contribution in [0.2, 0.25) is 0 Å². The van der Waals surface area contributed by atoms with Crippen molar-refractivity contribution in [3.05, 3.63) is 124 Å². The van der Waals surface area contributed by atoms with Gasteiger partial charge in [0.2, 0.25) is 0 Å². The minimum atomic E-state index is -0.478. The minimum Gasteiger partial charge on any atom is -0.508 e. The molecule has 1 saturated carbocycles. The fourth-order valence-corrected chi connectivity index (χ4v) is 10.3. The average molecular weight is 737 g/mol. The second-order valence-corrected chi connectivity index (χ2v) is 17.1. The molecular weight excluding hydrogens is 685 g/mol. The van der Waals surface area contributed by atoms with E-state index < -0.39 is 6.04 Å². The van der Waals surface area contributed by atoms with Crippen molar-refractivity contribution in [3.8, 4) is 5.75 Å². The van der Waals surface area contributed by atoms with Crippen molar-refractivity contribution >= 4 is 28.8 Å². The molecule has 3 aliphatic heterocycles. The van der Waals surface area contributed by atoms with E-state index in [1.165, 1.54) is 27.9 Å². The predicted octanol–water partition coefficient (Wildman–Crippen LogP) is 7.33. The summed E-state index contributed by atoms with van der Waals surface area (Å²) in [5.41, 5.74) is 9.73. The van der Waals surface area contributed by atoms with Gasteiger partial charge in [-0.1, -0.05) is 55.5 Å². The third kappa shape index (κ3) is 7.06. The summed E-state index contributed by atoms with van der Waals surface area (Å²) in [6.45, 7) is 10.1. The average Bonchev–Trinajstić information content (AvgIpc) is 3.53. The number of phenols is 1. The number of carbonyl (C=O) groups is 3. The highest BCUT2D eigenvalue weighted by atomic mass is 16.3. The lowest BCUT2D eigenvalue weighted by Gasteiger charge is -2.45. The Morgan fingerprint density at radius 2 is 1.44 bits per heavy atom. The molecule has 4 aromatic carbocycles. The number of carbonyl (C=O) groups excluding carboxylic acids is 3. The molecule has 3 atom stereocenters. The predicted molar refractivity (Wildman–Crippen MR) is 216 cm³/mol. The second-order valence-electron chi connectivity index (χ2n) is 17.1. The molecule has 55 heavy (non-hydrogen) atoms. The number of hydrogen-bond donors (Lipinski definition) is 1. The summed E-state index contributed by atoms with van der Waals surface area (Å²) in [5, 5.41) is 10.2. The van der Waals surface area contributed by atoms with Crippen molar-refractivity contribution in [2.24, 2.45) is 5.41 Å². The highest BCUT2D eigenvalue weighted by Gasteiger charge is 2.40. The number of amides is 1. The molecule has 5 aliphatic rings. The van der Waals surface area contributed by atoms with Gasteiger partial charge in [0.05, 0.1) is 12.5 Å². The van der Waals surface area contributed by atoms with Gasteiger partial charge in [0.15, 0.2) is 5.78 Å². The van der Waals surface area contributed by atoms with Gasteiger partial charge in [-0.25, -0.2) is 0 Å². The molecule has 4 aromatic rings. The van der Waals surface area contributed by atoms with Crippen LogP contribution in [0.4, 0.5) is 11.4 Å². The van der Waals surface area contributed by atoms with Gasteiger partial charge in [0, 0.05) is 81.6 Å². The van der Waals surface area contributed by atoms with Crippen molar-refractivity contribution in [2.75, 3.05) is 55.6 Å². The highest BCUT2D eigenvalue weighted by molar-refractivity contribution is 6.07. The molecule has 2 saturated heterocycles. The number of aromatic hydroxyl groups is 1. The van der Waals surface area contributed by atoms with E-state index in [4.69, 9.17) is 0 Å². The topological polar surface area (TPSA) is 84.4 Å². The number of anilines is 2. The summed E-state index contributed by atoms with van der Waals surface area (Å²) in [6, 6.07) is 31.9. The van der Waals surface area contributed by atoms with Crippen LogP contribution in [0.25, 0.3) is 0 Å². The Morgan fingerprint density at radius 1 is 0.709 bits per heavy atom. The Morgan fingerprint density at radius 3 is 2.18 bits per heavy atom. The lowest BCUT2D eigenvalue weighted by molar-refractivity contribution is -0.133. The van der Waals surface area contributed by atoms with E-state index in [-0.39, 0.29) is 35.2 Å². The Kier molecular flexibility index (Phi) is 9.49. The van der Waals surface area contributed by atoms with Crippen LogP contribution in [-0.4, -0.2) is 84.2 Å². The molecule has 0 aromatic heterocycles. The van der Waals surface area contributed by atoms with Gasteiger partial charge in [-0.3, -0.25) is 19.3 Å². The number of ketones is 2. The van der Waals surface area contributed by atoms with Gasteiger partial charge in [0.1, 0.15) is 11.5 Å². The van der Waals surface area contributed by atoms with Crippen molar-refractivity contribution < 1.29 is 19.5 Å². The molecule has 1 amide bonds. The molecule has 3 fully saturated rings. The van der Waals surface area contributed by atoms with Gasteiger partial charge < -0.3 is 19.8 Å². The van der Waals surface area contributed by atoms with Crippen LogP contribution >= 0.6 is 0 Å². The third-order valence-electron chi connectivity index (χ3n) is 13.5. The summed E-state index contributed by atoms with van der Waals surface area (Å²) in [5.74, 6) is 0.793. The van der Waals surface area contributed by atoms with Crippen LogP contribution in [0.5, 0.6) is 5.75 Å². The van der Waals surface area contributed by atoms with E-state index >= 15 is 0 Å². The number of nitrogens with zero attached hydrogens (tertiary/aromatic N) is 4. The number of aryl methyl sites for hydroxylation is 1. The van der Waals surface area contributed by atoms with Crippen LogP contribution < -0.4 is 9.80 Å². The Bertz CT molecular complexity index is 2080. The molecule has 9 rings (SSSR count). The van der Waals surface area contributed by atoms with Gasteiger partial charge in [-0.15, -0.1) is 0 Å². The first kappa shape index (κ1) is 35.7. The normalized spacial score (nSPS) is 24.2. The number of fused-ring (bicyclic) bond motifs is 2. The van der Waals surface area contributed by atoms with Crippen LogP contribution in [-0.2, 0) is 22.6 Å². The Balaban J connectivity index is 0.796. The van der Waals surface area contributed by atoms with E-state index in [0.717, 1.165) is 82.7 Å². The number of benzene rings is 4. The monoisotopic (exact) mass is 736 g/mol.